The molecule has 0 spiro atoms. The standard InChI is InChI=1S/C15H31N3/c1-3-18-11-9-13(10-12-18)17(2)15-8-6-4-5-7-14(15)16/h13-15H,3-12,16H2,1-2H3. The van der Waals surface area contributed by atoms with Crippen LogP contribution in [-0.4, -0.2) is 54.6 Å². The van der Waals surface area contributed by atoms with E-state index in [0.29, 0.717) is 12.1 Å². The molecule has 2 unspecified atom stereocenters. The van der Waals surface area contributed by atoms with Crippen LogP contribution < -0.4 is 5.73 Å². The summed E-state index contributed by atoms with van der Waals surface area (Å²) >= 11 is 0. The van der Waals surface area contributed by atoms with Gasteiger partial charge in [0.25, 0.3) is 0 Å². The largest absolute Gasteiger partial charge is 0.326 e. The second-order valence-electron chi connectivity index (χ2n) is 6.20. The van der Waals surface area contributed by atoms with Crippen LogP contribution in [-0.2, 0) is 0 Å². The Labute approximate surface area is 113 Å². The van der Waals surface area contributed by atoms with Gasteiger partial charge in [0.1, 0.15) is 0 Å². The van der Waals surface area contributed by atoms with Crippen LogP contribution in [0.4, 0.5) is 0 Å². The summed E-state index contributed by atoms with van der Waals surface area (Å²) in [5.41, 5.74) is 6.39. The lowest BCUT2D eigenvalue weighted by Gasteiger charge is -2.41. The van der Waals surface area contributed by atoms with Gasteiger partial charge in [-0.1, -0.05) is 26.2 Å². The fourth-order valence-electron chi connectivity index (χ4n) is 3.74. The molecule has 1 aliphatic heterocycles. The molecule has 106 valence electrons. The first kappa shape index (κ1) is 14.3. The normalized spacial score (nSPS) is 32.7. The highest BCUT2D eigenvalue weighted by Crippen LogP contribution is 2.25. The van der Waals surface area contributed by atoms with Crippen molar-refractivity contribution >= 4 is 0 Å². The summed E-state index contributed by atoms with van der Waals surface area (Å²) in [4.78, 5) is 5.19. The summed E-state index contributed by atoms with van der Waals surface area (Å²) in [7, 11) is 2.32. The molecule has 0 amide bonds. The van der Waals surface area contributed by atoms with Crippen molar-refractivity contribution in [3.05, 3.63) is 0 Å². The van der Waals surface area contributed by atoms with Crippen LogP contribution in [0.1, 0.15) is 51.9 Å². The summed E-state index contributed by atoms with van der Waals surface area (Å²) in [6, 6.07) is 1.80. The number of likely N-dealkylation sites (tertiary alicyclic amines) is 1. The first-order valence-electron chi connectivity index (χ1n) is 7.92. The highest BCUT2D eigenvalue weighted by Gasteiger charge is 2.30. The van der Waals surface area contributed by atoms with Crippen LogP contribution in [0.2, 0.25) is 0 Å². The minimum absolute atomic E-state index is 0.404. The van der Waals surface area contributed by atoms with Crippen molar-refractivity contribution in [1.29, 1.82) is 0 Å². The van der Waals surface area contributed by atoms with E-state index in [1.54, 1.807) is 0 Å². The molecule has 2 atom stereocenters. The number of nitrogens with zero attached hydrogens (tertiary/aromatic N) is 2. The first-order chi connectivity index (χ1) is 8.72. The third-order valence-electron chi connectivity index (χ3n) is 5.13. The van der Waals surface area contributed by atoms with Gasteiger partial charge in [-0.15, -0.1) is 0 Å². The lowest BCUT2D eigenvalue weighted by Crippen LogP contribution is -2.52. The highest BCUT2D eigenvalue weighted by molar-refractivity contribution is 4.88. The van der Waals surface area contributed by atoms with Gasteiger partial charge in [0.2, 0.25) is 0 Å². The van der Waals surface area contributed by atoms with Crippen molar-refractivity contribution in [3.8, 4) is 0 Å². The Balaban J connectivity index is 1.87. The Hall–Kier alpha value is -0.120. The number of piperidine rings is 1. The third kappa shape index (κ3) is 3.46. The predicted octanol–water partition coefficient (Wildman–Crippen LogP) is 2.06. The van der Waals surface area contributed by atoms with Gasteiger partial charge in [-0.2, -0.15) is 0 Å². The van der Waals surface area contributed by atoms with E-state index in [9.17, 15) is 0 Å². The van der Waals surface area contributed by atoms with Crippen LogP contribution in [0, 0.1) is 0 Å². The van der Waals surface area contributed by atoms with Crippen molar-refractivity contribution in [1.82, 2.24) is 9.80 Å². The molecule has 3 heteroatoms. The molecular weight excluding hydrogens is 222 g/mol. The quantitative estimate of drug-likeness (QED) is 0.782. The molecule has 0 aromatic rings. The van der Waals surface area contributed by atoms with Gasteiger partial charge >= 0.3 is 0 Å². The zero-order valence-corrected chi connectivity index (χ0v) is 12.3. The molecule has 2 N–H and O–H groups in total. The number of rotatable bonds is 3. The van der Waals surface area contributed by atoms with E-state index in [1.165, 1.54) is 64.6 Å². The smallest absolute Gasteiger partial charge is 0.0247 e. The molecule has 18 heavy (non-hydrogen) atoms. The third-order valence-corrected chi connectivity index (χ3v) is 5.13. The Morgan fingerprint density at radius 2 is 1.72 bits per heavy atom. The van der Waals surface area contributed by atoms with Crippen LogP contribution in [0.25, 0.3) is 0 Å². The molecule has 1 heterocycles. The molecule has 2 aliphatic rings. The number of hydrogen-bond donors (Lipinski definition) is 1. The molecule has 0 radical (unpaired) electrons. The average molecular weight is 253 g/mol. The fraction of sp³-hybridized carbons (Fsp3) is 1.00. The van der Waals surface area contributed by atoms with Gasteiger partial charge < -0.3 is 10.6 Å². The van der Waals surface area contributed by atoms with Crippen LogP contribution >= 0.6 is 0 Å². The second-order valence-corrected chi connectivity index (χ2v) is 6.20. The molecular formula is C15H31N3. The maximum atomic E-state index is 6.39. The van der Waals surface area contributed by atoms with E-state index in [-0.39, 0.29) is 0 Å². The molecule has 0 aromatic carbocycles. The van der Waals surface area contributed by atoms with Gasteiger partial charge in [0.15, 0.2) is 0 Å². The summed E-state index contributed by atoms with van der Waals surface area (Å²) in [6.45, 7) is 6.02. The molecule has 3 nitrogen and oxygen atoms in total. The zero-order chi connectivity index (χ0) is 13.0. The Morgan fingerprint density at radius 3 is 2.39 bits per heavy atom. The monoisotopic (exact) mass is 253 g/mol. The molecule has 1 aliphatic carbocycles. The molecule has 2 rings (SSSR count). The minimum Gasteiger partial charge on any atom is -0.326 e. The summed E-state index contributed by atoms with van der Waals surface area (Å²) in [5, 5.41) is 0. The number of hydrogen-bond acceptors (Lipinski definition) is 3. The van der Waals surface area contributed by atoms with E-state index in [2.05, 4.69) is 23.8 Å². The molecule has 1 saturated heterocycles. The lowest BCUT2D eigenvalue weighted by atomic mass is 9.96. The van der Waals surface area contributed by atoms with Crippen molar-refractivity contribution in [2.75, 3.05) is 26.7 Å². The number of nitrogens with two attached hydrogens (primary N) is 1. The average Bonchev–Trinajstić information content (AvgIpc) is 2.63. The first-order valence-corrected chi connectivity index (χ1v) is 7.92. The van der Waals surface area contributed by atoms with Gasteiger partial charge in [-0.05, 0) is 52.4 Å². The minimum atomic E-state index is 0.404. The van der Waals surface area contributed by atoms with Crippen molar-refractivity contribution in [2.45, 2.75) is 70.0 Å². The van der Waals surface area contributed by atoms with Crippen molar-refractivity contribution in [3.63, 3.8) is 0 Å². The maximum absolute atomic E-state index is 6.39. The van der Waals surface area contributed by atoms with E-state index in [4.69, 9.17) is 5.73 Å². The van der Waals surface area contributed by atoms with Crippen molar-refractivity contribution < 1.29 is 0 Å². The Kier molecular flexibility index (Phi) is 5.46. The summed E-state index contributed by atoms with van der Waals surface area (Å²) in [5.74, 6) is 0. The molecule has 0 bridgehead atoms. The van der Waals surface area contributed by atoms with Crippen LogP contribution in [0.15, 0.2) is 0 Å². The van der Waals surface area contributed by atoms with Crippen molar-refractivity contribution in [2.24, 2.45) is 5.73 Å². The fourth-order valence-corrected chi connectivity index (χ4v) is 3.74. The summed E-state index contributed by atoms with van der Waals surface area (Å²) < 4.78 is 0. The van der Waals surface area contributed by atoms with Crippen LogP contribution in [0.3, 0.4) is 0 Å². The van der Waals surface area contributed by atoms with Gasteiger partial charge in [0, 0.05) is 18.1 Å². The number of likely N-dealkylation sites (N-methyl/N-ethyl adjacent to an activating group) is 1. The predicted molar refractivity (Wildman–Crippen MR) is 77.7 cm³/mol. The van der Waals surface area contributed by atoms with Gasteiger partial charge in [-0.3, -0.25) is 4.90 Å². The zero-order valence-electron chi connectivity index (χ0n) is 12.3. The van der Waals surface area contributed by atoms with E-state index in [1.807, 2.05) is 0 Å². The SMILES string of the molecule is CCN1CCC(N(C)C2CCCCCC2N)CC1. The maximum Gasteiger partial charge on any atom is 0.0247 e. The molecule has 2 fully saturated rings. The lowest BCUT2D eigenvalue weighted by molar-refractivity contribution is 0.0843. The second kappa shape index (κ2) is 6.88. The van der Waals surface area contributed by atoms with E-state index >= 15 is 0 Å². The Bertz CT molecular complexity index is 236. The van der Waals surface area contributed by atoms with E-state index < -0.39 is 0 Å². The summed E-state index contributed by atoms with van der Waals surface area (Å²) in [6.07, 6.45) is 9.28. The van der Waals surface area contributed by atoms with Crippen LogP contribution in [0.5, 0.6) is 0 Å². The highest BCUT2D eigenvalue weighted by atomic mass is 15.2. The molecule has 1 saturated carbocycles. The topological polar surface area (TPSA) is 32.5 Å². The van der Waals surface area contributed by atoms with Gasteiger partial charge in [0.05, 0.1) is 0 Å². The molecule has 0 aromatic heterocycles. The van der Waals surface area contributed by atoms with Gasteiger partial charge in [-0.25, -0.2) is 0 Å². The Morgan fingerprint density at radius 1 is 1.06 bits per heavy atom. The van der Waals surface area contributed by atoms with E-state index in [0.717, 1.165) is 6.04 Å².